The number of fused-ring (bicyclic) bond motifs is 6. The quantitative estimate of drug-likeness (QED) is 0.0653. The van der Waals surface area contributed by atoms with Crippen LogP contribution in [0.25, 0.3) is 49.8 Å². The highest BCUT2D eigenvalue weighted by molar-refractivity contribution is 6.36. The van der Waals surface area contributed by atoms with Crippen molar-refractivity contribution < 1.29 is 37.0 Å². The number of nitrogens with two attached hydrogens (primary N) is 1. The monoisotopic (exact) mass is 1710 g/mol. The average Bonchev–Trinajstić information content (AvgIpc) is 0.777. The molecule has 616 valence electrons. The molecule has 3 atom stereocenters. The summed E-state index contributed by atoms with van der Waals surface area (Å²) in [6, 6.07) is 45.8. The van der Waals surface area contributed by atoms with E-state index in [1.165, 1.54) is 92.2 Å². The number of benzene rings is 8. The summed E-state index contributed by atoms with van der Waals surface area (Å²) in [4.78, 5) is 127. The number of nitrogens with zero attached hydrogens (tertiary/aromatic N) is 17. The second-order valence-corrected chi connectivity index (χ2v) is 29.7. The number of hydrogen-bond donors (Lipinski definition) is 4. The third-order valence-electron chi connectivity index (χ3n) is 19.8. The fraction of sp³-hybridized carbons (Fsp3) is 0.188. The number of rotatable bonds is 16. The van der Waals surface area contributed by atoms with Gasteiger partial charge in [-0.3, -0.25) is 42.5 Å². The van der Waals surface area contributed by atoms with Crippen molar-refractivity contribution in [1.29, 1.82) is 0 Å². The van der Waals surface area contributed by atoms with E-state index in [9.17, 15) is 41.9 Å². The van der Waals surface area contributed by atoms with Crippen LogP contribution >= 0.6 is 46.4 Å². The van der Waals surface area contributed by atoms with Crippen LogP contribution < -0.4 is 57.6 Å². The lowest BCUT2D eigenvalue weighted by molar-refractivity contribution is 0.0773. The van der Waals surface area contributed by atoms with Crippen LogP contribution in [0.5, 0.6) is 11.5 Å². The van der Waals surface area contributed by atoms with Crippen molar-refractivity contribution in [3.63, 3.8) is 0 Å². The van der Waals surface area contributed by atoms with Crippen molar-refractivity contribution in [3.05, 3.63) is 309 Å². The normalized spacial score (nSPS) is 13.6. The second kappa shape index (κ2) is 35.9. The highest BCUT2D eigenvalue weighted by atomic mass is 35.5. The Morgan fingerprint density at radius 1 is 0.446 bits per heavy atom. The molecular formula is C85H74Cl4F3N21O8. The molecule has 0 spiro atoms. The summed E-state index contributed by atoms with van der Waals surface area (Å²) >= 11 is 24.9. The summed E-state index contributed by atoms with van der Waals surface area (Å²) < 4.78 is 56.3. The SMILES string of the molecule is COc1ccc(CN2CN(C)C(=O)c3c(Cl)ncnc32)cc1.COc1ccc(CN2CN(C)C(=O)c3c(N[C@@H](C)c4nc5cccc(Cl)c5c(=O)n4-c4cccc(F)c4)ncnc32)cc1.C[C@H](N)c1nc2cccc(Cl)c2c(=O)n1-c1cccc(F)c1.C[C@H](Nc1ncnc2c1C(=O)N(C)CN2)c1nc2cccc(Cl)c2c(=O)n1-c1cccc(F)c1. The lowest BCUT2D eigenvalue weighted by Crippen LogP contribution is -2.45. The summed E-state index contributed by atoms with van der Waals surface area (Å²) in [7, 11) is 8.35. The van der Waals surface area contributed by atoms with Gasteiger partial charge in [0.1, 0.15) is 116 Å². The standard InChI is InChI=1S/C31H27ClFN7O3.C23H19ClFN7O2.C16H13ClFN3O.C15H15ClN4O2/c1-18(28-37-24-9-5-8-23(32)25(24)31(42)40(28)21-7-4-6-20(33)14-21)36-27-26-29(35-16-34-27)39(17-38(2)30(26)41)15-19-10-12-22(43-3)13-11-19;1-12(29-20-18-19(26-10-27-20)28-11-31(2)22(18)33)21-30-16-8-4-7-15(24)17(16)23(34)32(21)14-6-3-5-13(25)9-14;1-9(19)15-20-13-7-3-6-12(17)14(13)16(22)21(15)11-5-2-4-10(18)8-11;1-19-9-20(7-10-3-5-11(22-2)6-4-10)14-12(15(19)21)13(16)17-8-18-14/h4-14,16,18H,15,17H2,1-3H3,(H,34,35,36);3-10,12H,11H2,1-2H3,(H2,26,27,28,29);2-9H,19H2,1H3;3-6,8H,7,9H2,1-2H3/t18-;12-;9-;/m000./s1. The van der Waals surface area contributed by atoms with Crippen molar-refractivity contribution in [1.82, 2.24) is 73.3 Å². The van der Waals surface area contributed by atoms with E-state index < -0.39 is 46.7 Å². The molecule has 8 aromatic carbocycles. The number of nitrogens with one attached hydrogen (secondary N) is 3. The first-order valence-electron chi connectivity index (χ1n) is 37.3. The first-order chi connectivity index (χ1) is 58.2. The summed E-state index contributed by atoms with van der Waals surface area (Å²) in [6.45, 7) is 7.48. The van der Waals surface area contributed by atoms with Gasteiger partial charge in [0.2, 0.25) is 0 Å². The Bertz CT molecular complexity index is 6550. The van der Waals surface area contributed by atoms with Gasteiger partial charge in [0.05, 0.1) is 117 Å². The number of anilines is 5. The predicted octanol–water partition coefficient (Wildman–Crippen LogP) is 14.2. The van der Waals surface area contributed by atoms with Crippen LogP contribution in [-0.4, -0.2) is 146 Å². The van der Waals surface area contributed by atoms with Gasteiger partial charge in [-0.25, -0.2) is 58.0 Å². The Morgan fingerprint density at radius 3 is 1.22 bits per heavy atom. The van der Waals surface area contributed by atoms with Gasteiger partial charge in [-0.05, 0) is 147 Å². The molecule has 3 aliphatic heterocycles. The van der Waals surface area contributed by atoms with Gasteiger partial charge in [0, 0.05) is 34.2 Å². The molecule has 0 fully saturated rings. The van der Waals surface area contributed by atoms with Gasteiger partial charge in [-0.2, -0.15) is 0 Å². The molecule has 0 radical (unpaired) electrons. The molecule has 9 heterocycles. The molecule has 0 bridgehead atoms. The van der Waals surface area contributed by atoms with Gasteiger partial charge in [-0.1, -0.05) is 107 Å². The van der Waals surface area contributed by atoms with E-state index in [0.717, 1.165) is 22.6 Å². The number of halogens is 7. The minimum Gasteiger partial charge on any atom is -0.497 e. The highest BCUT2D eigenvalue weighted by Gasteiger charge is 2.36. The van der Waals surface area contributed by atoms with Gasteiger partial charge >= 0.3 is 0 Å². The van der Waals surface area contributed by atoms with Crippen molar-refractivity contribution in [2.45, 2.75) is 52.0 Å². The number of carbonyl (C=O) groups is 3. The zero-order valence-electron chi connectivity index (χ0n) is 65.8. The molecule has 5 N–H and O–H groups in total. The molecule has 6 aromatic heterocycles. The number of hydrogen-bond acceptors (Lipinski definition) is 23. The van der Waals surface area contributed by atoms with E-state index in [1.54, 1.807) is 139 Å². The second-order valence-electron chi connectivity index (χ2n) is 28.1. The molecule has 17 rings (SSSR count). The number of amides is 3. The smallest absolute Gasteiger partial charge is 0.267 e. The molecule has 3 aliphatic rings. The molecule has 29 nitrogen and oxygen atoms in total. The molecule has 3 amide bonds. The molecule has 121 heavy (non-hydrogen) atoms. The Hall–Kier alpha value is -13.7. The number of methoxy groups -OCH3 is 2. The van der Waals surface area contributed by atoms with Gasteiger partial charge < -0.3 is 55.7 Å². The van der Waals surface area contributed by atoms with E-state index in [0.29, 0.717) is 106 Å². The molecule has 36 heteroatoms. The van der Waals surface area contributed by atoms with Gasteiger partial charge in [0.15, 0.2) is 0 Å². The Balaban J connectivity index is 0.000000137. The van der Waals surface area contributed by atoms with Gasteiger partial charge in [-0.15, -0.1) is 0 Å². The van der Waals surface area contributed by atoms with Crippen molar-refractivity contribution in [2.24, 2.45) is 5.73 Å². The highest BCUT2D eigenvalue weighted by Crippen LogP contribution is 2.36. The topological polar surface area (TPSA) is 330 Å². The zero-order valence-corrected chi connectivity index (χ0v) is 68.9. The van der Waals surface area contributed by atoms with E-state index in [1.807, 2.05) is 58.3 Å². The number of aromatic nitrogens is 12. The summed E-state index contributed by atoms with van der Waals surface area (Å²) in [5.41, 5.74) is 9.92. The van der Waals surface area contributed by atoms with Crippen LogP contribution in [-0.2, 0) is 13.1 Å². The maximum atomic E-state index is 14.3. The Kier molecular flexibility index (Phi) is 24.9. The van der Waals surface area contributed by atoms with Crippen LogP contribution in [0.4, 0.5) is 42.3 Å². The van der Waals surface area contributed by atoms with Crippen LogP contribution in [0.3, 0.4) is 0 Å². The third kappa shape index (κ3) is 17.5. The lowest BCUT2D eigenvalue weighted by atomic mass is 10.1. The van der Waals surface area contributed by atoms with Crippen molar-refractivity contribution in [2.75, 3.05) is 81.1 Å². The van der Waals surface area contributed by atoms with Crippen LogP contribution in [0.15, 0.2) is 209 Å². The van der Waals surface area contributed by atoms with Crippen LogP contribution in [0, 0.1) is 17.5 Å². The Labute approximate surface area is 708 Å². The molecule has 0 saturated carbocycles. The predicted molar refractivity (Wildman–Crippen MR) is 458 cm³/mol. The Morgan fingerprint density at radius 2 is 0.810 bits per heavy atom. The summed E-state index contributed by atoms with van der Waals surface area (Å²) in [5, 5.41) is 11.2. The minimum atomic E-state index is -0.659. The average molecular weight is 1720 g/mol. The zero-order chi connectivity index (χ0) is 85.8. The fourth-order valence-electron chi connectivity index (χ4n) is 13.9. The maximum Gasteiger partial charge on any atom is 0.267 e. The first-order valence-corrected chi connectivity index (χ1v) is 38.9. The fourth-order valence-corrected chi connectivity index (χ4v) is 14.9. The largest absolute Gasteiger partial charge is 0.497 e. The summed E-state index contributed by atoms with van der Waals surface area (Å²) in [6.07, 6.45) is 4.11. The number of carbonyl (C=O) groups excluding carboxylic acids is 3. The van der Waals surface area contributed by atoms with Crippen molar-refractivity contribution >= 4 is 126 Å². The van der Waals surface area contributed by atoms with Crippen molar-refractivity contribution in [3.8, 4) is 28.6 Å². The third-order valence-corrected chi connectivity index (χ3v) is 21.0. The molecular weight excluding hydrogens is 1640 g/mol. The minimum absolute atomic E-state index is 0.161. The van der Waals surface area contributed by atoms with E-state index >= 15 is 0 Å². The molecule has 0 aliphatic carbocycles. The van der Waals surface area contributed by atoms with Gasteiger partial charge in [0.25, 0.3) is 34.4 Å². The van der Waals surface area contributed by atoms with E-state index in [-0.39, 0.29) is 83.3 Å². The van der Waals surface area contributed by atoms with Crippen LogP contribution in [0.1, 0.15) is 98.6 Å². The molecule has 0 saturated heterocycles. The first kappa shape index (κ1) is 83.8. The lowest BCUT2D eigenvalue weighted by Gasteiger charge is -2.36. The molecule has 0 unspecified atom stereocenters. The summed E-state index contributed by atoms with van der Waals surface area (Å²) in [5.74, 6) is 2.39. The number of ether oxygens (including phenoxy) is 2. The van der Waals surface area contributed by atoms with E-state index in [4.69, 9.17) is 66.6 Å². The maximum absolute atomic E-state index is 14.3. The molecule has 14 aromatic rings. The van der Waals surface area contributed by atoms with Crippen LogP contribution in [0.2, 0.25) is 20.2 Å². The van der Waals surface area contributed by atoms with E-state index in [2.05, 4.69) is 55.8 Å².